The summed E-state index contributed by atoms with van der Waals surface area (Å²) in [5.41, 5.74) is -0.292. The molecule has 0 atom stereocenters. The summed E-state index contributed by atoms with van der Waals surface area (Å²) in [5.74, 6) is -0.514. The number of carbonyl (C=O) groups is 1. The average molecular weight is 274 g/mol. The van der Waals surface area contributed by atoms with Gasteiger partial charge in [0, 0.05) is 26.2 Å². The molecule has 0 bridgehead atoms. The van der Waals surface area contributed by atoms with Gasteiger partial charge >= 0.3 is 5.69 Å². The van der Waals surface area contributed by atoms with Crippen molar-refractivity contribution in [1.29, 1.82) is 0 Å². The number of carbonyl (C=O) groups excluding carboxylic acids is 1. The molecule has 0 aliphatic heterocycles. The third kappa shape index (κ3) is 4.27. The first-order valence-electron chi connectivity index (χ1n) is 5.14. The SMILES string of the molecule is COCCCC(=O)Nc1nc(Cl)ccc1[N+](=O)[O-]. The molecule has 1 aromatic rings. The maximum Gasteiger partial charge on any atom is 0.311 e. The van der Waals surface area contributed by atoms with Crippen LogP contribution in [0.2, 0.25) is 5.15 Å². The molecule has 18 heavy (non-hydrogen) atoms. The molecule has 1 amide bonds. The molecule has 0 aromatic carbocycles. The van der Waals surface area contributed by atoms with E-state index in [1.165, 1.54) is 19.2 Å². The van der Waals surface area contributed by atoms with Gasteiger partial charge in [-0.3, -0.25) is 14.9 Å². The zero-order valence-electron chi connectivity index (χ0n) is 9.68. The molecule has 1 rings (SSSR count). The molecular formula is C10H12ClN3O4. The van der Waals surface area contributed by atoms with E-state index in [-0.39, 0.29) is 29.0 Å². The smallest absolute Gasteiger partial charge is 0.311 e. The summed E-state index contributed by atoms with van der Waals surface area (Å²) in [7, 11) is 1.53. The van der Waals surface area contributed by atoms with Crippen molar-refractivity contribution in [2.75, 3.05) is 19.0 Å². The second-order valence-electron chi connectivity index (χ2n) is 3.40. The fourth-order valence-electron chi connectivity index (χ4n) is 1.24. The molecule has 7 nitrogen and oxygen atoms in total. The van der Waals surface area contributed by atoms with Gasteiger partial charge in [-0.25, -0.2) is 4.98 Å². The highest BCUT2D eigenvalue weighted by molar-refractivity contribution is 6.29. The second kappa shape index (κ2) is 6.87. The molecule has 1 heterocycles. The highest BCUT2D eigenvalue weighted by atomic mass is 35.5. The lowest BCUT2D eigenvalue weighted by Gasteiger charge is -2.05. The van der Waals surface area contributed by atoms with Crippen LogP contribution in [0, 0.1) is 10.1 Å². The number of nitrogens with one attached hydrogen (secondary N) is 1. The van der Waals surface area contributed by atoms with Gasteiger partial charge in [-0.1, -0.05) is 11.6 Å². The van der Waals surface area contributed by atoms with Crippen LogP contribution in [0.4, 0.5) is 11.5 Å². The van der Waals surface area contributed by atoms with E-state index in [0.717, 1.165) is 0 Å². The molecule has 0 aliphatic carbocycles. The predicted octanol–water partition coefficient (Wildman–Crippen LogP) is 2.01. The van der Waals surface area contributed by atoms with Crippen molar-refractivity contribution in [1.82, 2.24) is 4.98 Å². The number of anilines is 1. The summed E-state index contributed by atoms with van der Waals surface area (Å²) in [6.45, 7) is 0.443. The van der Waals surface area contributed by atoms with E-state index in [0.29, 0.717) is 13.0 Å². The number of methoxy groups -OCH3 is 1. The van der Waals surface area contributed by atoms with Crippen LogP contribution in [0.5, 0.6) is 0 Å². The highest BCUT2D eigenvalue weighted by Gasteiger charge is 2.17. The first kappa shape index (κ1) is 14.3. The molecule has 0 radical (unpaired) electrons. The van der Waals surface area contributed by atoms with Crippen molar-refractivity contribution in [2.24, 2.45) is 0 Å². The van der Waals surface area contributed by atoms with Crippen molar-refractivity contribution < 1.29 is 14.5 Å². The van der Waals surface area contributed by atoms with Crippen molar-refractivity contribution in [3.63, 3.8) is 0 Å². The lowest BCUT2D eigenvalue weighted by Crippen LogP contribution is -2.14. The number of rotatable bonds is 6. The maximum absolute atomic E-state index is 11.5. The predicted molar refractivity (Wildman–Crippen MR) is 65.6 cm³/mol. The zero-order chi connectivity index (χ0) is 13.5. The lowest BCUT2D eigenvalue weighted by molar-refractivity contribution is -0.384. The van der Waals surface area contributed by atoms with Gasteiger partial charge in [-0.15, -0.1) is 0 Å². The van der Waals surface area contributed by atoms with Gasteiger partial charge in [-0.05, 0) is 12.5 Å². The molecule has 98 valence electrons. The Balaban J connectivity index is 2.73. The number of aromatic nitrogens is 1. The maximum atomic E-state index is 11.5. The number of nitro groups is 1. The molecule has 0 fully saturated rings. The van der Waals surface area contributed by atoms with Gasteiger partial charge < -0.3 is 10.1 Å². The molecule has 0 unspecified atom stereocenters. The Morgan fingerprint density at radius 1 is 1.61 bits per heavy atom. The number of nitrogens with zero attached hydrogens (tertiary/aromatic N) is 2. The van der Waals surface area contributed by atoms with Crippen molar-refractivity contribution >= 4 is 29.0 Å². The van der Waals surface area contributed by atoms with Crippen LogP contribution in [0.3, 0.4) is 0 Å². The topological polar surface area (TPSA) is 94.4 Å². The highest BCUT2D eigenvalue weighted by Crippen LogP contribution is 2.23. The summed E-state index contributed by atoms with van der Waals surface area (Å²) in [4.78, 5) is 25.3. The Labute approximate surface area is 108 Å². The van der Waals surface area contributed by atoms with Crippen LogP contribution in [-0.2, 0) is 9.53 Å². The van der Waals surface area contributed by atoms with E-state index in [1.54, 1.807) is 0 Å². The minimum Gasteiger partial charge on any atom is -0.385 e. The van der Waals surface area contributed by atoms with E-state index in [9.17, 15) is 14.9 Å². The number of ether oxygens (including phenoxy) is 1. The fourth-order valence-corrected chi connectivity index (χ4v) is 1.39. The van der Waals surface area contributed by atoms with Crippen LogP contribution in [0.25, 0.3) is 0 Å². The molecule has 1 N–H and O–H groups in total. The van der Waals surface area contributed by atoms with Crippen LogP contribution in [0.1, 0.15) is 12.8 Å². The lowest BCUT2D eigenvalue weighted by atomic mass is 10.3. The number of hydrogen-bond donors (Lipinski definition) is 1. The molecule has 0 aliphatic rings. The standard InChI is InChI=1S/C10H12ClN3O4/c1-18-6-2-3-9(15)13-10-7(14(16)17)4-5-8(11)12-10/h4-5H,2-3,6H2,1H3,(H,12,13,15). The molecule has 0 spiro atoms. The molecular weight excluding hydrogens is 262 g/mol. The largest absolute Gasteiger partial charge is 0.385 e. The Hall–Kier alpha value is -1.73. The van der Waals surface area contributed by atoms with E-state index < -0.39 is 4.92 Å². The van der Waals surface area contributed by atoms with Gasteiger partial charge in [0.1, 0.15) is 5.15 Å². The fraction of sp³-hybridized carbons (Fsp3) is 0.400. The molecule has 0 saturated carbocycles. The van der Waals surface area contributed by atoms with E-state index in [4.69, 9.17) is 16.3 Å². The van der Waals surface area contributed by atoms with Crippen molar-refractivity contribution in [2.45, 2.75) is 12.8 Å². The minimum atomic E-state index is -0.631. The van der Waals surface area contributed by atoms with Crippen LogP contribution in [0.15, 0.2) is 12.1 Å². The quantitative estimate of drug-likeness (QED) is 0.370. The molecule has 0 saturated heterocycles. The minimum absolute atomic E-state index is 0.0767. The van der Waals surface area contributed by atoms with E-state index in [2.05, 4.69) is 10.3 Å². The van der Waals surface area contributed by atoms with Gasteiger partial charge in [0.15, 0.2) is 0 Å². The first-order chi connectivity index (χ1) is 8.54. The Morgan fingerprint density at radius 2 is 2.33 bits per heavy atom. The summed E-state index contributed by atoms with van der Waals surface area (Å²) in [5, 5.41) is 13.2. The third-order valence-corrected chi connectivity index (χ3v) is 2.26. The second-order valence-corrected chi connectivity index (χ2v) is 3.79. The Kier molecular flexibility index (Phi) is 5.47. The Morgan fingerprint density at radius 3 is 2.94 bits per heavy atom. The number of amides is 1. The molecule has 1 aromatic heterocycles. The van der Waals surface area contributed by atoms with Crippen LogP contribution >= 0.6 is 11.6 Å². The van der Waals surface area contributed by atoms with Gasteiger partial charge in [0.05, 0.1) is 4.92 Å². The number of halogens is 1. The van der Waals surface area contributed by atoms with Gasteiger partial charge in [0.25, 0.3) is 0 Å². The van der Waals surface area contributed by atoms with E-state index >= 15 is 0 Å². The normalized spacial score (nSPS) is 10.1. The van der Waals surface area contributed by atoms with Gasteiger partial charge in [0.2, 0.25) is 11.7 Å². The summed E-state index contributed by atoms with van der Waals surface area (Å²) in [6.07, 6.45) is 0.718. The van der Waals surface area contributed by atoms with E-state index in [1.807, 2.05) is 0 Å². The molecule has 8 heteroatoms. The van der Waals surface area contributed by atoms with Gasteiger partial charge in [-0.2, -0.15) is 0 Å². The monoisotopic (exact) mass is 273 g/mol. The van der Waals surface area contributed by atoms with Crippen molar-refractivity contribution in [3.05, 3.63) is 27.4 Å². The summed E-state index contributed by atoms with van der Waals surface area (Å²) in [6, 6.07) is 2.49. The van der Waals surface area contributed by atoms with Crippen molar-refractivity contribution in [3.8, 4) is 0 Å². The zero-order valence-corrected chi connectivity index (χ0v) is 10.4. The number of hydrogen-bond acceptors (Lipinski definition) is 5. The summed E-state index contributed by atoms with van der Waals surface area (Å²) >= 11 is 5.63. The number of pyridine rings is 1. The third-order valence-electron chi connectivity index (χ3n) is 2.05. The first-order valence-corrected chi connectivity index (χ1v) is 5.52. The van der Waals surface area contributed by atoms with Crippen LogP contribution in [-0.4, -0.2) is 29.5 Å². The Bertz CT molecular complexity index is 453. The van der Waals surface area contributed by atoms with Crippen LogP contribution < -0.4 is 5.32 Å². The summed E-state index contributed by atoms with van der Waals surface area (Å²) < 4.78 is 4.80. The average Bonchev–Trinajstić information content (AvgIpc) is 2.29.